The molecule has 1 aliphatic heterocycles. The summed E-state index contributed by atoms with van der Waals surface area (Å²) < 4.78 is 28.6. The van der Waals surface area contributed by atoms with E-state index >= 15 is 0 Å². The molecule has 0 unspecified atom stereocenters. The number of benzene rings is 2. The van der Waals surface area contributed by atoms with Crippen LogP contribution in [0.4, 0.5) is 5.82 Å². The summed E-state index contributed by atoms with van der Waals surface area (Å²) in [7, 11) is 1.59. The van der Waals surface area contributed by atoms with E-state index in [1.54, 1.807) is 31.4 Å². The second-order valence-electron chi connectivity index (χ2n) is 9.95. The van der Waals surface area contributed by atoms with Gasteiger partial charge in [0.2, 0.25) is 5.89 Å². The molecule has 1 fully saturated rings. The van der Waals surface area contributed by atoms with E-state index in [1.165, 1.54) is 11.8 Å². The normalized spacial score (nSPS) is 15.6. The van der Waals surface area contributed by atoms with Crippen molar-refractivity contribution in [3.05, 3.63) is 71.1 Å². The molecule has 1 saturated heterocycles. The zero-order valence-corrected chi connectivity index (χ0v) is 24.4. The highest BCUT2D eigenvalue weighted by atomic mass is 32.2. The van der Waals surface area contributed by atoms with Gasteiger partial charge in [0.05, 0.1) is 30.5 Å². The van der Waals surface area contributed by atoms with Crippen LogP contribution in [0.5, 0.6) is 11.5 Å². The molecule has 42 heavy (non-hydrogen) atoms. The molecule has 5 rings (SSSR count). The molecule has 4 aromatic rings. The molecular formula is C31H29N5O5S. The molecule has 11 heteroatoms. The monoisotopic (exact) mass is 583 g/mol. The van der Waals surface area contributed by atoms with Gasteiger partial charge < -0.3 is 29.1 Å². The summed E-state index contributed by atoms with van der Waals surface area (Å²) in [5.41, 5.74) is 9.10. The number of nitrogen functional groups attached to an aromatic ring is 1. The van der Waals surface area contributed by atoms with Gasteiger partial charge in [-0.05, 0) is 50.6 Å². The summed E-state index contributed by atoms with van der Waals surface area (Å²) >= 11 is 1.30. The lowest BCUT2D eigenvalue weighted by Gasteiger charge is -2.17. The minimum atomic E-state index is -0.625. The lowest BCUT2D eigenvalue weighted by molar-refractivity contribution is -0.141. The maximum atomic E-state index is 10.2. The third-order valence-electron chi connectivity index (χ3n) is 6.64. The Morgan fingerprint density at radius 1 is 1.07 bits per heavy atom. The topological polar surface area (TPSA) is 149 Å². The van der Waals surface area contributed by atoms with Gasteiger partial charge in [0.1, 0.15) is 58.5 Å². The van der Waals surface area contributed by atoms with Gasteiger partial charge in [-0.25, -0.2) is 9.97 Å². The van der Waals surface area contributed by atoms with Crippen molar-refractivity contribution in [2.24, 2.45) is 0 Å². The zero-order chi connectivity index (χ0) is 29.9. The first-order valence-corrected chi connectivity index (χ1v) is 14.1. The number of nitriles is 2. The van der Waals surface area contributed by atoms with E-state index in [0.717, 1.165) is 5.56 Å². The van der Waals surface area contributed by atoms with Crippen molar-refractivity contribution in [1.29, 1.82) is 10.5 Å². The summed E-state index contributed by atoms with van der Waals surface area (Å²) in [6.45, 7) is 6.34. The zero-order valence-electron chi connectivity index (χ0n) is 23.6. The van der Waals surface area contributed by atoms with Crippen molar-refractivity contribution in [3.63, 3.8) is 0 Å². The molecule has 1 atom stereocenters. The molecule has 2 aromatic carbocycles. The van der Waals surface area contributed by atoms with Gasteiger partial charge in [-0.2, -0.15) is 10.5 Å². The van der Waals surface area contributed by atoms with E-state index in [4.69, 9.17) is 29.1 Å². The lowest BCUT2D eigenvalue weighted by Crippen LogP contribution is -2.25. The maximum Gasteiger partial charge on any atom is 0.230 e. The molecule has 0 radical (unpaired) electrons. The first-order chi connectivity index (χ1) is 20.2. The molecule has 0 saturated carbocycles. The molecule has 3 heterocycles. The van der Waals surface area contributed by atoms with Crippen molar-refractivity contribution in [2.75, 3.05) is 26.1 Å². The molecule has 0 amide bonds. The van der Waals surface area contributed by atoms with Crippen LogP contribution in [0.15, 0.2) is 58.0 Å². The van der Waals surface area contributed by atoms with Gasteiger partial charge >= 0.3 is 0 Å². The van der Waals surface area contributed by atoms with Crippen molar-refractivity contribution >= 4 is 17.6 Å². The number of aryl methyl sites for hydroxylation is 1. The molecule has 2 N–H and O–H groups in total. The van der Waals surface area contributed by atoms with E-state index in [1.807, 2.05) is 45.0 Å². The highest BCUT2D eigenvalue weighted by Crippen LogP contribution is 2.38. The van der Waals surface area contributed by atoms with Crippen LogP contribution in [0.2, 0.25) is 0 Å². The van der Waals surface area contributed by atoms with Gasteiger partial charge in [-0.15, -0.1) is 0 Å². The van der Waals surface area contributed by atoms with Crippen LogP contribution >= 0.6 is 11.8 Å². The average Bonchev–Trinajstić information content (AvgIpc) is 3.55. The van der Waals surface area contributed by atoms with Crippen molar-refractivity contribution in [1.82, 2.24) is 9.97 Å². The van der Waals surface area contributed by atoms with Crippen LogP contribution in [0.3, 0.4) is 0 Å². The first-order valence-electron chi connectivity index (χ1n) is 13.1. The minimum absolute atomic E-state index is 0.0434. The Morgan fingerprint density at radius 3 is 2.48 bits per heavy atom. The summed E-state index contributed by atoms with van der Waals surface area (Å²) in [6.07, 6.45) is -0.172. The SMILES string of the molecule is COc1ccccc1-c1nc(CSc2nc(N)c(C#N)c(-c3ccc(OC[C@@H]4COC(C)(C)O4)cc3)c2C#N)c(C)o1. The summed E-state index contributed by atoms with van der Waals surface area (Å²) in [6, 6.07) is 19.0. The quantitative estimate of drug-likeness (QED) is 0.236. The van der Waals surface area contributed by atoms with Gasteiger partial charge in [-0.3, -0.25) is 0 Å². The number of nitrogens with zero attached hydrogens (tertiary/aromatic N) is 4. The largest absolute Gasteiger partial charge is 0.496 e. The minimum Gasteiger partial charge on any atom is -0.496 e. The highest BCUT2D eigenvalue weighted by molar-refractivity contribution is 7.98. The molecule has 2 aromatic heterocycles. The standard InChI is InChI=1S/C31H29N5O5S/c1-18-25(35-29(40-18)22-7-5-6-8-26(22)37-4)17-42-30-24(14-33)27(23(13-32)28(34)36-30)19-9-11-20(12-10-19)38-15-21-16-39-31(2,3)41-21/h5-12,21H,15-17H2,1-4H3,(H2,34,36)/t21-/m1/s1. The van der Waals surface area contributed by atoms with Gasteiger partial charge in [-0.1, -0.05) is 36.0 Å². The van der Waals surface area contributed by atoms with Gasteiger partial charge in [0.25, 0.3) is 0 Å². The van der Waals surface area contributed by atoms with Crippen LogP contribution in [0.1, 0.15) is 36.4 Å². The summed E-state index contributed by atoms with van der Waals surface area (Å²) in [5, 5.41) is 20.5. The number of ether oxygens (including phenoxy) is 4. The molecule has 1 aliphatic rings. The highest BCUT2D eigenvalue weighted by Gasteiger charge is 2.33. The Kier molecular flexibility index (Phi) is 8.36. The number of pyridine rings is 1. The number of hydrogen-bond acceptors (Lipinski definition) is 11. The van der Waals surface area contributed by atoms with Crippen LogP contribution in [-0.2, 0) is 15.2 Å². The van der Waals surface area contributed by atoms with Gasteiger partial charge in [0, 0.05) is 11.3 Å². The Hall–Kier alpha value is -4.55. The Morgan fingerprint density at radius 2 is 1.81 bits per heavy atom. The fourth-order valence-electron chi connectivity index (χ4n) is 4.58. The number of methoxy groups -OCH3 is 1. The fraction of sp³-hybridized carbons (Fsp3) is 0.290. The third-order valence-corrected chi connectivity index (χ3v) is 7.62. The van der Waals surface area contributed by atoms with E-state index in [-0.39, 0.29) is 23.0 Å². The van der Waals surface area contributed by atoms with Crippen molar-refractivity contribution < 1.29 is 23.4 Å². The second kappa shape index (κ2) is 12.1. The van der Waals surface area contributed by atoms with Crippen LogP contribution < -0.4 is 15.2 Å². The Labute approximate surface area is 248 Å². The van der Waals surface area contributed by atoms with Crippen molar-refractivity contribution in [3.8, 4) is 46.2 Å². The number of aromatic nitrogens is 2. The molecule has 10 nitrogen and oxygen atoms in total. The van der Waals surface area contributed by atoms with E-state index in [0.29, 0.717) is 64.0 Å². The maximum absolute atomic E-state index is 10.2. The van der Waals surface area contributed by atoms with Crippen LogP contribution in [-0.4, -0.2) is 42.2 Å². The predicted molar refractivity (Wildman–Crippen MR) is 157 cm³/mol. The first kappa shape index (κ1) is 29.0. The Balaban J connectivity index is 1.38. The lowest BCUT2D eigenvalue weighted by atomic mass is 9.97. The van der Waals surface area contributed by atoms with Crippen LogP contribution in [0, 0.1) is 29.6 Å². The smallest absolute Gasteiger partial charge is 0.230 e. The van der Waals surface area contributed by atoms with Crippen LogP contribution in [0.25, 0.3) is 22.6 Å². The number of oxazole rings is 1. The number of nitrogens with two attached hydrogens (primary N) is 1. The third kappa shape index (κ3) is 6.04. The number of rotatable bonds is 9. The number of hydrogen-bond donors (Lipinski definition) is 1. The van der Waals surface area contributed by atoms with E-state index < -0.39 is 5.79 Å². The molecule has 214 valence electrons. The number of anilines is 1. The predicted octanol–water partition coefficient (Wildman–Crippen LogP) is 5.87. The average molecular weight is 584 g/mol. The van der Waals surface area contributed by atoms with E-state index in [9.17, 15) is 10.5 Å². The molecule has 0 spiro atoms. The van der Waals surface area contributed by atoms with E-state index in [2.05, 4.69) is 22.1 Å². The number of para-hydroxylation sites is 1. The number of thioether (sulfide) groups is 1. The fourth-order valence-corrected chi connectivity index (χ4v) is 5.57. The molecular weight excluding hydrogens is 554 g/mol. The Bertz CT molecular complexity index is 1690. The molecule has 0 aliphatic carbocycles. The van der Waals surface area contributed by atoms with Gasteiger partial charge in [0.15, 0.2) is 5.79 Å². The summed E-state index contributed by atoms with van der Waals surface area (Å²) in [4.78, 5) is 9.07. The van der Waals surface area contributed by atoms with Crippen molar-refractivity contribution in [2.45, 2.75) is 43.4 Å². The molecule has 0 bridgehead atoms. The second-order valence-corrected chi connectivity index (χ2v) is 10.9. The summed E-state index contributed by atoms with van der Waals surface area (Å²) in [5.74, 6) is 2.13.